The molecular weight excluding hydrogens is 564 g/mol. The van der Waals surface area contributed by atoms with Gasteiger partial charge in [-0.2, -0.15) is 5.21 Å². The average molecular weight is 613 g/mol. The summed E-state index contributed by atoms with van der Waals surface area (Å²) in [5, 5.41) is 20.2. The van der Waals surface area contributed by atoms with Gasteiger partial charge < -0.3 is 15.5 Å². The number of amides is 2. The van der Waals surface area contributed by atoms with Crippen LogP contribution >= 0.6 is 0 Å². The maximum atomic E-state index is 14.4. The van der Waals surface area contributed by atoms with Gasteiger partial charge in [-0.1, -0.05) is 89.2 Å². The molecule has 10 nitrogen and oxygen atoms in total. The van der Waals surface area contributed by atoms with Crippen molar-refractivity contribution >= 4 is 17.6 Å². The SMILES string of the molecule is CC(C)(C)CC[C@H](c1ccc(C(=O)NCc2nn[nH]n2)cc1)N1C(=O)C(=NCc2ccccc2)NC12CCC(C(C)(C)C)CC2. The van der Waals surface area contributed by atoms with Gasteiger partial charge in [0.25, 0.3) is 11.8 Å². The summed E-state index contributed by atoms with van der Waals surface area (Å²) < 4.78 is 0. The second-order valence-corrected chi connectivity index (χ2v) is 14.9. The standard InChI is InChI=1S/C35H48N8O2/c1-33(2,3)19-18-28(25-12-14-26(15-13-25)31(44)37-23-29-39-41-42-40-29)43-32(45)30(36-22-24-10-8-7-9-11-24)38-35(43)20-16-27(17-21-35)34(4,5)6/h7-15,27-28H,16-23H2,1-6H3,(H,36,38)(H,37,44)(H,39,40,41,42)/t27?,28-,35?/m1/s1. The van der Waals surface area contributed by atoms with E-state index in [0.717, 1.165) is 49.7 Å². The molecule has 45 heavy (non-hydrogen) atoms. The third-order valence-corrected chi connectivity index (χ3v) is 9.37. The molecule has 2 heterocycles. The first-order chi connectivity index (χ1) is 21.3. The van der Waals surface area contributed by atoms with Crippen LogP contribution in [0.1, 0.15) is 113 Å². The van der Waals surface area contributed by atoms with Gasteiger partial charge in [0, 0.05) is 5.56 Å². The number of benzene rings is 2. The van der Waals surface area contributed by atoms with Crippen molar-refractivity contribution in [2.75, 3.05) is 0 Å². The molecule has 10 heteroatoms. The zero-order chi connectivity index (χ0) is 32.2. The summed E-state index contributed by atoms with van der Waals surface area (Å²) in [6.07, 6.45) is 5.55. The first kappa shape index (κ1) is 32.3. The molecule has 3 N–H and O–H groups in total. The van der Waals surface area contributed by atoms with E-state index in [9.17, 15) is 9.59 Å². The lowest BCUT2D eigenvalue weighted by molar-refractivity contribution is -0.133. The Balaban J connectivity index is 1.46. The summed E-state index contributed by atoms with van der Waals surface area (Å²) in [5.74, 6) is 1.19. The minimum absolute atomic E-state index is 0.0408. The van der Waals surface area contributed by atoms with Crippen LogP contribution in [-0.4, -0.2) is 48.8 Å². The summed E-state index contributed by atoms with van der Waals surface area (Å²) in [4.78, 5) is 34.3. The molecule has 1 atom stereocenters. The number of aromatic amines is 1. The van der Waals surface area contributed by atoms with Gasteiger partial charge in [0.15, 0.2) is 11.7 Å². The lowest BCUT2D eigenvalue weighted by Gasteiger charge is -2.48. The van der Waals surface area contributed by atoms with E-state index in [1.807, 2.05) is 54.6 Å². The van der Waals surface area contributed by atoms with Gasteiger partial charge >= 0.3 is 0 Å². The number of nitrogens with one attached hydrogen (secondary N) is 3. The van der Waals surface area contributed by atoms with Crippen molar-refractivity contribution in [1.82, 2.24) is 36.2 Å². The summed E-state index contributed by atoms with van der Waals surface area (Å²) in [6, 6.07) is 17.6. The van der Waals surface area contributed by atoms with Crippen LogP contribution in [0.4, 0.5) is 0 Å². The van der Waals surface area contributed by atoms with Crippen LogP contribution in [0.3, 0.4) is 0 Å². The molecule has 1 aliphatic heterocycles. The number of hydrogen-bond acceptors (Lipinski definition) is 6. The minimum atomic E-state index is -0.502. The van der Waals surface area contributed by atoms with Crippen molar-refractivity contribution in [2.45, 2.75) is 105 Å². The predicted molar refractivity (Wildman–Crippen MR) is 175 cm³/mol. The molecule has 1 aliphatic carbocycles. The van der Waals surface area contributed by atoms with E-state index in [1.165, 1.54) is 0 Å². The smallest absolute Gasteiger partial charge is 0.291 e. The van der Waals surface area contributed by atoms with Gasteiger partial charge in [0.2, 0.25) is 0 Å². The molecule has 1 saturated carbocycles. The van der Waals surface area contributed by atoms with Crippen molar-refractivity contribution in [3.63, 3.8) is 0 Å². The second-order valence-electron chi connectivity index (χ2n) is 14.9. The molecule has 2 fully saturated rings. The predicted octanol–water partition coefficient (Wildman–Crippen LogP) is 5.96. The molecular formula is C35H48N8O2. The molecule has 5 rings (SSSR count). The molecule has 0 unspecified atom stereocenters. The van der Waals surface area contributed by atoms with Crippen LogP contribution < -0.4 is 10.6 Å². The van der Waals surface area contributed by atoms with Gasteiger partial charge in [-0.05, 0) is 78.5 Å². The Kier molecular flexibility index (Phi) is 9.41. The number of hydrogen-bond donors (Lipinski definition) is 3. The topological polar surface area (TPSA) is 128 Å². The highest BCUT2D eigenvalue weighted by molar-refractivity contribution is 6.40. The minimum Gasteiger partial charge on any atom is -0.345 e. The molecule has 3 aromatic rings. The number of tetrazole rings is 1. The number of nitrogens with zero attached hydrogens (tertiary/aromatic N) is 5. The number of carbonyl (C=O) groups is 2. The van der Waals surface area contributed by atoms with Crippen LogP contribution in [0.25, 0.3) is 0 Å². The first-order valence-corrected chi connectivity index (χ1v) is 16.2. The fourth-order valence-electron chi connectivity index (χ4n) is 6.66. The molecule has 1 saturated heterocycles. The Labute approximate surface area is 266 Å². The summed E-state index contributed by atoms with van der Waals surface area (Å²) in [7, 11) is 0. The van der Waals surface area contributed by atoms with Crippen molar-refractivity contribution in [3.05, 3.63) is 77.1 Å². The molecule has 1 spiro atoms. The zero-order valence-electron chi connectivity index (χ0n) is 27.6. The molecule has 240 valence electrons. The Morgan fingerprint density at radius 1 is 1.04 bits per heavy atom. The van der Waals surface area contributed by atoms with Crippen LogP contribution in [0.15, 0.2) is 59.6 Å². The fourth-order valence-corrected chi connectivity index (χ4v) is 6.66. The Morgan fingerprint density at radius 2 is 1.73 bits per heavy atom. The number of carbonyl (C=O) groups excluding carboxylic acids is 2. The number of rotatable bonds is 9. The maximum Gasteiger partial charge on any atom is 0.291 e. The molecule has 2 aliphatic rings. The largest absolute Gasteiger partial charge is 0.345 e. The fraction of sp³-hybridized carbons (Fsp3) is 0.543. The maximum absolute atomic E-state index is 14.4. The third kappa shape index (κ3) is 7.78. The molecule has 0 bridgehead atoms. The summed E-state index contributed by atoms with van der Waals surface area (Å²) in [6.45, 7) is 14.3. The highest BCUT2D eigenvalue weighted by atomic mass is 16.2. The van der Waals surface area contributed by atoms with E-state index in [-0.39, 0.29) is 35.2 Å². The summed E-state index contributed by atoms with van der Waals surface area (Å²) >= 11 is 0. The van der Waals surface area contributed by atoms with E-state index in [1.54, 1.807) is 0 Å². The second kappa shape index (κ2) is 13.1. The van der Waals surface area contributed by atoms with Crippen molar-refractivity contribution < 1.29 is 9.59 Å². The van der Waals surface area contributed by atoms with Crippen molar-refractivity contribution in [1.29, 1.82) is 0 Å². The first-order valence-electron chi connectivity index (χ1n) is 16.2. The lowest BCUT2D eigenvalue weighted by Crippen LogP contribution is -2.56. The molecule has 0 radical (unpaired) electrons. The average Bonchev–Trinajstić information content (AvgIpc) is 3.62. The third-order valence-electron chi connectivity index (χ3n) is 9.37. The van der Waals surface area contributed by atoms with Crippen molar-refractivity contribution in [3.8, 4) is 0 Å². The normalized spacial score (nSPS) is 22.1. The van der Waals surface area contributed by atoms with E-state index in [0.29, 0.717) is 29.7 Å². The van der Waals surface area contributed by atoms with E-state index in [4.69, 9.17) is 4.99 Å². The number of H-pyrrole nitrogens is 1. The van der Waals surface area contributed by atoms with Crippen LogP contribution in [-0.2, 0) is 17.9 Å². The van der Waals surface area contributed by atoms with Crippen LogP contribution in [0.2, 0.25) is 0 Å². The van der Waals surface area contributed by atoms with Gasteiger partial charge in [-0.25, -0.2) is 0 Å². The highest BCUT2D eigenvalue weighted by Gasteiger charge is 2.53. The van der Waals surface area contributed by atoms with E-state index >= 15 is 0 Å². The summed E-state index contributed by atoms with van der Waals surface area (Å²) in [5.41, 5.74) is 2.42. The van der Waals surface area contributed by atoms with Crippen LogP contribution in [0.5, 0.6) is 0 Å². The quantitative estimate of drug-likeness (QED) is 0.274. The zero-order valence-corrected chi connectivity index (χ0v) is 27.6. The van der Waals surface area contributed by atoms with E-state index < -0.39 is 5.66 Å². The number of amidine groups is 1. The number of aromatic nitrogens is 4. The van der Waals surface area contributed by atoms with Gasteiger partial charge in [-0.15, -0.1) is 10.2 Å². The monoisotopic (exact) mass is 612 g/mol. The Hall–Kier alpha value is -4.08. The highest BCUT2D eigenvalue weighted by Crippen LogP contribution is 2.48. The van der Waals surface area contributed by atoms with Gasteiger partial charge in [-0.3, -0.25) is 14.6 Å². The van der Waals surface area contributed by atoms with Gasteiger partial charge in [0.1, 0.15) is 5.66 Å². The molecule has 2 amide bonds. The lowest BCUT2D eigenvalue weighted by atomic mass is 9.69. The molecule has 2 aromatic carbocycles. The molecule has 1 aromatic heterocycles. The Bertz CT molecular complexity index is 1460. The van der Waals surface area contributed by atoms with Crippen molar-refractivity contribution in [2.24, 2.45) is 21.7 Å². The number of aliphatic imine (C=N–C) groups is 1. The Morgan fingerprint density at radius 3 is 2.33 bits per heavy atom. The van der Waals surface area contributed by atoms with Crippen LogP contribution in [0, 0.1) is 16.7 Å². The van der Waals surface area contributed by atoms with Gasteiger partial charge in [0.05, 0.1) is 19.1 Å². The van der Waals surface area contributed by atoms with E-state index in [2.05, 4.69) is 77.7 Å².